The Kier molecular flexibility index (Phi) is 5.78. The minimum Gasteiger partial charge on any atom is -0.497 e. The van der Waals surface area contributed by atoms with Crippen LogP contribution in [0.2, 0.25) is 0 Å². The van der Waals surface area contributed by atoms with Gasteiger partial charge in [-0.15, -0.1) is 0 Å². The number of amides is 1. The number of methoxy groups -OCH3 is 2. The molecule has 162 valence electrons. The first-order valence-corrected chi connectivity index (χ1v) is 9.98. The monoisotopic (exact) mass is 434 g/mol. The van der Waals surface area contributed by atoms with Crippen LogP contribution in [-0.2, 0) is 6.42 Å². The fourth-order valence-electron chi connectivity index (χ4n) is 4.15. The number of rotatable bonds is 4. The number of hydrogen-bond donors (Lipinski definition) is 0. The minimum atomic E-state index is -1.02. The second-order valence-electron chi connectivity index (χ2n) is 7.39. The van der Waals surface area contributed by atoms with Crippen LogP contribution in [0.1, 0.15) is 38.7 Å². The zero-order valence-electron chi connectivity index (χ0n) is 17.6. The predicted octanol–water partition coefficient (Wildman–Crippen LogP) is 4.64. The smallest absolute Gasteiger partial charge is 0.254 e. The molecule has 0 fully saturated rings. The maximum absolute atomic E-state index is 15.0. The van der Waals surface area contributed by atoms with Crippen LogP contribution in [0.3, 0.4) is 0 Å². The van der Waals surface area contributed by atoms with Crippen molar-refractivity contribution in [3.8, 4) is 17.6 Å². The third-order valence-corrected chi connectivity index (χ3v) is 5.64. The summed E-state index contributed by atoms with van der Waals surface area (Å²) in [4.78, 5) is 15.0. The van der Waals surface area contributed by atoms with Crippen molar-refractivity contribution in [2.24, 2.45) is 0 Å². The Labute approximate surface area is 184 Å². The first-order chi connectivity index (χ1) is 15.5. The molecular formula is C25H20F2N2O3. The number of carbonyl (C=O) groups excluding carboxylic acids is 1. The molecule has 5 nitrogen and oxygen atoms in total. The van der Waals surface area contributed by atoms with Gasteiger partial charge in [-0.05, 0) is 42.3 Å². The van der Waals surface area contributed by atoms with E-state index >= 15 is 0 Å². The summed E-state index contributed by atoms with van der Waals surface area (Å²) in [5, 5.41) is 9.20. The van der Waals surface area contributed by atoms with E-state index in [4.69, 9.17) is 9.47 Å². The first-order valence-electron chi connectivity index (χ1n) is 9.98. The fraction of sp³-hybridized carbons (Fsp3) is 0.200. The molecule has 1 heterocycles. The Hall–Kier alpha value is -3.92. The predicted molar refractivity (Wildman–Crippen MR) is 114 cm³/mol. The molecule has 4 rings (SSSR count). The summed E-state index contributed by atoms with van der Waals surface area (Å²) in [6.45, 7) is 0.263. The van der Waals surface area contributed by atoms with Crippen LogP contribution in [-0.4, -0.2) is 31.6 Å². The molecule has 7 heteroatoms. The quantitative estimate of drug-likeness (QED) is 0.600. The molecule has 1 unspecified atom stereocenters. The normalized spacial score (nSPS) is 15.0. The highest BCUT2D eigenvalue weighted by molar-refractivity contribution is 5.95. The largest absolute Gasteiger partial charge is 0.497 e. The molecule has 0 N–H and O–H groups in total. The average Bonchev–Trinajstić information content (AvgIpc) is 2.83. The van der Waals surface area contributed by atoms with Crippen LogP contribution in [0.4, 0.5) is 8.78 Å². The van der Waals surface area contributed by atoms with Gasteiger partial charge in [0.15, 0.2) is 11.6 Å². The Morgan fingerprint density at radius 1 is 1.09 bits per heavy atom. The van der Waals surface area contributed by atoms with Gasteiger partial charge in [0.05, 0.1) is 31.9 Å². The molecule has 1 aliphatic heterocycles. The van der Waals surface area contributed by atoms with Crippen molar-refractivity contribution in [3.05, 3.63) is 94.0 Å². The molecule has 3 aromatic carbocycles. The number of nitriles is 1. The lowest BCUT2D eigenvalue weighted by molar-refractivity contribution is 0.0689. The van der Waals surface area contributed by atoms with E-state index in [-0.39, 0.29) is 18.0 Å². The molecule has 32 heavy (non-hydrogen) atoms. The van der Waals surface area contributed by atoms with Crippen LogP contribution in [0.5, 0.6) is 11.5 Å². The molecule has 1 aliphatic rings. The Morgan fingerprint density at radius 3 is 2.59 bits per heavy atom. The molecule has 0 spiro atoms. The van der Waals surface area contributed by atoms with Crippen LogP contribution >= 0.6 is 0 Å². The third-order valence-electron chi connectivity index (χ3n) is 5.64. The number of halogens is 2. The molecule has 3 aromatic rings. The van der Waals surface area contributed by atoms with Gasteiger partial charge in [0.1, 0.15) is 11.5 Å². The number of benzene rings is 3. The van der Waals surface area contributed by atoms with Gasteiger partial charge in [0.2, 0.25) is 0 Å². The van der Waals surface area contributed by atoms with E-state index in [9.17, 15) is 18.8 Å². The highest BCUT2D eigenvalue weighted by Crippen LogP contribution is 2.44. The van der Waals surface area contributed by atoms with Crippen molar-refractivity contribution >= 4 is 5.91 Å². The minimum absolute atomic E-state index is 0.0270. The molecule has 0 bridgehead atoms. The number of ether oxygens (including phenoxy) is 2. The van der Waals surface area contributed by atoms with Crippen LogP contribution in [0.15, 0.2) is 54.6 Å². The highest BCUT2D eigenvalue weighted by Gasteiger charge is 2.37. The molecular weight excluding hydrogens is 414 g/mol. The van der Waals surface area contributed by atoms with Gasteiger partial charge in [-0.2, -0.15) is 5.26 Å². The summed E-state index contributed by atoms with van der Waals surface area (Å²) < 4.78 is 40.1. The first kappa shape index (κ1) is 21.3. The summed E-state index contributed by atoms with van der Waals surface area (Å²) in [5.74, 6) is -1.43. The molecule has 0 aromatic heterocycles. The standard InChI is InChI=1S/C25H20F2N2O3/c1-31-18-12-16-9-10-29(25(30)17-6-3-5-15(11-17)14-28)24(22(16)21(13-18)32-2)19-7-4-8-20(26)23(19)27/h3-8,11-13,24H,9-10H2,1-2H3. The zero-order valence-corrected chi connectivity index (χ0v) is 17.6. The van der Waals surface area contributed by atoms with Gasteiger partial charge in [-0.25, -0.2) is 8.78 Å². The summed E-state index contributed by atoms with van der Waals surface area (Å²) in [6.07, 6.45) is 0.472. The summed E-state index contributed by atoms with van der Waals surface area (Å²) in [5.41, 5.74) is 2.06. The van der Waals surface area contributed by atoms with Crippen molar-refractivity contribution in [2.75, 3.05) is 20.8 Å². The van der Waals surface area contributed by atoms with Crippen LogP contribution in [0, 0.1) is 23.0 Å². The lowest BCUT2D eigenvalue weighted by atomic mass is 9.86. The van der Waals surface area contributed by atoms with Crippen molar-refractivity contribution < 1.29 is 23.0 Å². The molecule has 1 atom stereocenters. The van der Waals surface area contributed by atoms with Gasteiger partial charge in [0, 0.05) is 29.3 Å². The summed E-state index contributed by atoms with van der Waals surface area (Å²) >= 11 is 0. The SMILES string of the molecule is COc1cc2c(c(OC)c1)C(c1cccc(F)c1F)N(C(=O)c1cccc(C#N)c1)CC2. The van der Waals surface area contributed by atoms with Crippen LogP contribution < -0.4 is 9.47 Å². The number of hydrogen-bond acceptors (Lipinski definition) is 4. The van der Waals surface area contributed by atoms with E-state index < -0.39 is 17.7 Å². The maximum Gasteiger partial charge on any atom is 0.254 e. The van der Waals surface area contributed by atoms with E-state index in [0.29, 0.717) is 34.6 Å². The molecule has 1 amide bonds. The lowest BCUT2D eigenvalue weighted by Gasteiger charge is -2.39. The van der Waals surface area contributed by atoms with Crippen molar-refractivity contribution in [1.82, 2.24) is 4.90 Å². The molecule has 0 aliphatic carbocycles. The van der Waals surface area contributed by atoms with Crippen LogP contribution in [0.25, 0.3) is 0 Å². The number of fused-ring (bicyclic) bond motifs is 1. The van der Waals surface area contributed by atoms with Gasteiger partial charge >= 0.3 is 0 Å². The third kappa shape index (κ3) is 3.65. The Bertz CT molecular complexity index is 1220. The van der Waals surface area contributed by atoms with Gasteiger partial charge in [-0.3, -0.25) is 4.79 Å². The van der Waals surface area contributed by atoms with E-state index in [2.05, 4.69) is 0 Å². The van der Waals surface area contributed by atoms with Crippen molar-refractivity contribution in [2.45, 2.75) is 12.5 Å². The van der Waals surface area contributed by atoms with E-state index in [1.165, 1.54) is 37.3 Å². The van der Waals surface area contributed by atoms with Crippen molar-refractivity contribution in [3.63, 3.8) is 0 Å². The van der Waals surface area contributed by atoms with E-state index in [0.717, 1.165) is 11.6 Å². The topological polar surface area (TPSA) is 62.6 Å². The van der Waals surface area contributed by atoms with Gasteiger partial charge < -0.3 is 14.4 Å². The van der Waals surface area contributed by atoms with E-state index in [1.807, 2.05) is 12.1 Å². The number of nitrogens with zero attached hydrogens (tertiary/aromatic N) is 2. The van der Waals surface area contributed by atoms with Gasteiger partial charge in [0.25, 0.3) is 5.91 Å². The average molecular weight is 434 g/mol. The molecule has 0 saturated carbocycles. The van der Waals surface area contributed by atoms with E-state index in [1.54, 1.807) is 24.3 Å². The summed E-state index contributed by atoms with van der Waals surface area (Å²) in [7, 11) is 3.01. The van der Waals surface area contributed by atoms with Gasteiger partial charge in [-0.1, -0.05) is 18.2 Å². The Balaban J connectivity index is 1.92. The second-order valence-corrected chi connectivity index (χ2v) is 7.39. The second kappa shape index (κ2) is 8.67. The molecule has 0 radical (unpaired) electrons. The number of carbonyl (C=O) groups is 1. The Morgan fingerprint density at radius 2 is 1.88 bits per heavy atom. The molecule has 0 saturated heterocycles. The zero-order chi connectivity index (χ0) is 22.8. The maximum atomic E-state index is 15.0. The summed E-state index contributed by atoms with van der Waals surface area (Å²) in [6, 6.07) is 14.8. The highest BCUT2D eigenvalue weighted by atomic mass is 19.2. The fourth-order valence-corrected chi connectivity index (χ4v) is 4.15. The lowest BCUT2D eigenvalue weighted by Crippen LogP contribution is -2.41. The van der Waals surface area contributed by atoms with Crippen molar-refractivity contribution in [1.29, 1.82) is 5.26 Å².